The van der Waals surface area contributed by atoms with Crippen LogP contribution in [0.3, 0.4) is 0 Å². The lowest BCUT2D eigenvalue weighted by molar-refractivity contribution is -0.0512. The van der Waals surface area contributed by atoms with E-state index in [1.807, 2.05) is 13.0 Å². The number of hydrogen-bond donors (Lipinski definition) is 0. The number of aryl methyl sites for hydroxylation is 1. The molecule has 14 heavy (non-hydrogen) atoms. The molecule has 1 aromatic rings. The molecule has 0 saturated carbocycles. The summed E-state index contributed by atoms with van der Waals surface area (Å²) in [5.41, 5.74) is 0.932. The molecule has 0 radical (unpaired) electrons. The lowest BCUT2D eigenvalue weighted by Gasteiger charge is -2.10. The van der Waals surface area contributed by atoms with Gasteiger partial charge in [-0.05, 0) is 24.1 Å². The van der Waals surface area contributed by atoms with E-state index in [1.54, 1.807) is 12.1 Å². The van der Waals surface area contributed by atoms with Gasteiger partial charge < -0.3 is 9.47 Å². The Balaban J connectivity index is 2.96. The van der Waals surface area contributed by atoms with Crippen LogP contribution >= 0.6 is 0 Å². The minimum atomic E-state index is -2.82. The Labute approximate surface area is 81.4 Å². The van der Waals surface area contributed by atoms with Gasteiger partial charge in [0.1, 0.15) is 0 Å². The van der Waals surface area contributed by atoms with Crippen LogP contribution in [0.25, 0.3) is 0 Å². The van der Waals surface area contributed by atoms with Crippen molar-refractivity contribution in [3.05, 3.63) is 23.8 Å². The lowest BCUT2D eigenvalue weighted by atomic mass is 10.1. The van der Waals surface area contributed by atoms with Gasteiger partial charge in [-0.25, -0.2) is 0 Å². The van der Waals surface area contributed by atoms with Crippen LogP contribution in [0.1, 0.15) is 12.5 Å². The number of hydrogen-bond acceptors (Lipinski definition) is 2. The number of ether oxygens (including phenoxy) is 2. The summed E-state index contributed by atoms with van der Waals surface area (Å²) in [4.78, 5) is 0. The van der Waals surface area contributed by atoms with Crippen molar-refractivity contribution in [2.45, 2.75) is 20.0 Å². The van der Waals surface area contributed by atoms with Crippen LogP contribution in [-0.4, -0.2) is 13.7 Å². The normalized spacial score (nSPS) is 10.4. The molecule has 1 aromatic carbocycles. The molecule has 0 saturated heterocycles. The maximum atomic E-state index is 12.0. The molecule has 0 atom stereocenters. The molecule has 0 amide bonds. The van der Waals surface area contributed by atoms with Gasteiger partial charge in [-0.15, -0.1) is 0 Å². The first-order valence-corrected chi connectivity index (χ1v) is 4.29. The second kappa shape index (κ2) is 4.79. The minimum Gasteiger partial charge on any atom is -0.493 e. The molecular weight excluding hydrogens is 190 g/mol. The van der Waals surface area contributed by atoms with Gasteiger partial charge >= 0.3 is 6.61 Å². The van der Waals surface area contributed by atoms with E-state index in [0.717, 1.165) is 12.0 Å². The van der Waals surface area contributed by atoms with Gasteiger partial charge in [0.05, 0.1) is 7.11 Å². The average Bonchev–Trinajstić information content (AvgIpc) is 2.16. The number of rotatable bonds is 4. The Morgan fingerprint density at radius 2 is 2.00 bits per heavy atom. The number of halogens is 2. The Hall–Kier alpha value is -1.32. The van der Waals surface area contributed by atoms with Gasteiger partial charge in [-0.2, -0.15) is 8.78 Å². The molecule has 0 N–H and O–H groups in total. The second-order valence-electron chi connectivity index (χ2n) is 2.72. The summed E-state index contributed by atoms with van der Waals surface area (Å²) in [6, 6.07) is 5.00. The highest BCUT2D eigenvalue weighted by Gasteiger charge is 2.10. The predicted octanol–water partition coefficient (Wildman–Crippen LogP) is 2.86. The first-order chi connectivity index (χ1) is 6.67. The van der Waals surface area contributed by atoms with E-state index < -0.39 is 6.61 Å². The quantitative estimate of drug-likeness (QED) is 0.747. The smallest absolute Gasteiger partial charge is 0.387 e. The van der Waals surface area contributed by atoms with Gasteiger partial charge in [-0.3, -0.25) is 0 Å². The fraction of sp³-hybridized carbons (Fsp3) is 0.400. The summed E-state index contributed by atoms with van der Waals surface area (Å²) in [5, 5.41) is 0. The molecular formula is C10H12F2O2. The third-order valence-corrected chi connectivity index (χ3v) is 1.85. The Morgan fingerprint density at radius 1 is 1.29 bits per heavy atom. The first kappa shape index (κ1) is 10.8. The fourth-order valence-electron chi connectivity index (χ4n) is 1.13. The van der Waals surface area contributed by atoms with Crippen molar-refractivity contribution in [2.75, 3.05) is 7.11 Å². The van der Waals surface area contributed by atoms with Crippen molar-refractivity contribution >= 4 is 0 Å². The highest BCUT2D eigenvalue weighted by atomic mass is 19.3. The van der Waals surface area contributed by atoms with Crippen LogP contribution in [0, 0.1) is 0 Å². The molecule has 0 aromatic heterocycles. The van der Waals surface area contributed by atoms with Gasteiger partial charge in [0.2, 0.25) is 0 Å². The number of benzene rings is 1. The monoisotopic (exact) mass is 202 g/mol. The van der Waals surface area contributed by atoms with Crippen molar-refractivity contribution in [1.82, 2.24) is 0 Å². The molecule has 0 aliphatic carbocycles. The number of methoxy groups -OCH3 is 1. The van der Waals surface area contributed by atoms with Crippen molar-refractivity contribution in [3.63, 3.8) is 0 Å². The fourth-order valence-corrected chi connectivity index (χ4v) is 1.13. The van der Waals surface area contributed by atoms with Gasteiger partial charge in [-0.1, -0.05) is 13.0 Å². The molecule has 0 spiro atoms. The topological polar surface area (TPSA) is 18.5 Å². The van der Waals surface area contributed by atoms with Crippen LogP contribution in [0.5, 0.6) is 11.5 Å². The van der Waals surface area contributed by atoms with Crippen molar-refractivity contribution in [3.8, 4) is 11.5 Å². The summed E-state index contributed by atoms with van der Waals surface area (Å²) < 4.78 is 33.2. The highest BCUT2D eigenvalue weighted by Crippen LogP contribution is 2.29. The third-order valence-electron chi connectivity index (χ3n) is 1.85. The molecule has 0 aliphatic rings. The first-order valence-electron chi connectivity index (χ1n) is 4.29. The summed E-state index contributed by atoms with van der Waals surface area (Å²) in [7, 11) is 1.42. The van der Waals surface area contributed by atoms with E-state index in [4.69, 9.17) is 4.74 Å². The number of alkyl halides is 2. The average molecular weight is 202 g/mol. The zero-order valence-electron chi connectivity index (χ0n) is 8.09. The molecule has 78 valence electrons. The second-order valence-corrected chi connectivity index (χ2v) is 2.72. The van der Waals surface area contributed by atoms with E-state index in [0.29, 0.717) is 5.75 Å². The van der Waals surface area contributed by atoms with E-state index >= 15 is 0 Å². The Morgan fingerprint density at radius 3 is 2.50 bits per heavy atom. The Kier molecular flexibility index (Phi) is 3.68. The third kappa shape index (κ3) is 2.58. The van der Waals surface area contributed by atoms with Crippen molar-refractivity contribution < 1.29 is 18.3 Å². The molecule has 0 aliphatic heterocycles. The predicted molar refractivity (Wildman–Crippen MR) is 49.0 cm³/mol. The molecule has 0 heterocycles. The summed E-state index contributed by atoms with van der Waals surface area (Å²) in [6.45, 7) is -0.885. The van der Waals surface area contributed by atoms with Crippen molar-refractivity contribution in [1.29, 1.82) is 0 Å². The zero-order valence-corrected chi connectivity index (χ0v) is 8.09. The van der Waals surface area contributed by atoms with Gasteiger partial charge in [0.15, 0.2) is 11.5 Å². The van der Waals surface area contributed by atoms with Crippen LogP contribution in [0.4, 0.5) is 8.78 Å². The standard InChI is InChI=1S/C10H12F2O2/c1-3-7-4-5-8(13-2)9(6-7)14-10(11)12/h4-6,10H,3H2,1-2H3. The van der Waals surface area contributed by atoms with Crippen LogP contribution < -0.4 is 9.47 Å². The molecule has 0 bridgehead atoms. The largest absolute Gasteiger partial charge is 0.493 e. The molecule has 4 heteroatoms. The van der Waals surface area contributed by atoms with E-state index in [2.05, 4.69) is 4.74 Å². The molecule has 0 unspecified atom stereocenters. The zero-order chi connectivity index (χ0) is 10.6. The summed E-state index contributed by atoms with van der Waals surface area (Å²) in [6.07, 6.45) is 0.767. The molecule has 1 rings (SSSR count). The van der Waals surface area contributed by atoms with E-state index in [1.165, 1.54) is 7.11 Å². The maximum Gasteiger partial charge on any atom is 0.387 e. The van der Waals surface area contributed by atoms with Gasteiger partial charge in [0.25, 0.3) is 0 Å². The lowest BCUT2D eigenvalue weighted by Crippen LogP contribution is -2.03. The van der Waals surface area contributed by atoms with Crippen LogP contribution in [-0.2, 0) is 6.42 Å². The van der Waals surface area contributed by atoms with E-state index in [-0.39, 0.29) is 5.75 Å². The molecule has 0 fully saturated rings. The van der Waals surface area contributed by atoms with Crippen LogP contribution in [0.15, 0.2) is 18.2 Å². The SMILES string of the molecule is CCc1ccc(OC)c(OC(F)F)c1. The van der Waals surface area contributed by atoms with Crippen LogP contribution in [0.2, 0.25) is 0 Å². The minimum absolute atomic E-state index is 0.0850. The summed E-state index contributed by atoms with van der Waals surface area (Å²) >= 11 is 0. The maximum absolute atomic E-state index is 12.0. The Bertz CT molecular complexity index is 300. The van der Waals surface area contributed by atoms with E-state index in [9.17, 15) is 8.78 Å². The van der Waals surface area contributed by atoms with Crippen molar-refractivity contribution in [2.24, 2.45) is 0 Å². The highest BCUT2D eigenvalue weighted by molar-refractivity contribution is 5.42. The summed E-state index contributed by atoms with van der Waals surface area (Å²) in [5.74, 6) is 0.407. The molecule has 2 nitrogen and oxygen atoms in total. The van der Waals surface area contributed by atoms with Gasteiger partial charge in [0, 0.05) is 0 Å².